The SMILES string of the molecule is C(=C/C=C/c1ccccc1-c1ccc(N(c2cccc3c2sc2ccccc23)c2ccc(-c3ccccc3)c3oc4ccccc4c23)cc1)/C=C/c1ccccc1. The van der Waals surface area contributed by atoms with Gasteiger partial charge >= 0.3 is 0 Å². The second-order valence-corrected chi connectivity index (χ2v) is 15.1. The summed E-state index contributed by atoms with van der Waals surface area (Å²) in [5.74, 6) is 0. The molecule has 0 bridgehead atoms. The van der Waals surface area contributed by atoms with Crippen molar-refractivity contribution in [3.63, 3.8) is 0 Å². The molecule has 2 aromatic heterocycles. The minimum absolute atomic E-state index is 0.874. The van der Waals surface area contributed by atoms with E-state index in [-0.39, 0.29) is 0 Å². The molecule has 0 spiro atoms. The number of furan rings is 1. The highest BCUT2D eigenvalue weighted by Crippen LogP contribution is 2.49. The first-order valence-corrected chi connectivity index (χ1v) is 20.1. The molecule has 2 heterocycles. The smallest absolute Gasteiger partial charge is 0.145 e. The Morgan fingerprint density at radius 2 is 1.11 bits per heavy atom. The van der Waals surface area contributed by atoms with E-state index in [9.17, 15) is 0 Å². The highest BCUT2D eigenvalue weighted by atomic mass is 32.1. The van der Waals surface area contributed by atoms with Gasteiger partial charge in [0, 0.05) is 32.1 Å². The molecule has 0 saturated carbocycles. The van der Waals surface area contributed by atoms with E-state index in [1.807, 2.05) is 23.5 Å². The molecule has 0 amide bonds. The molecule has 3 heteroatoms. The van der Waals surface area contributed by atoms with E-state index in [4.69, 9.17) is 4.42 Å². The number of allylic oxidation sites excluding steroid dienone is 4. The van der Waals surface area contributed by atoms with Crippen LogP contribution in [0.15, 0.2) is 217 Å². The lowest BCUT2D eigenvalue weighted by molar-refractivity contribution is 0.670. The fourth-order valence-corrected chi connectivity index (χ4v) is 9.08. The largest absolute Gasteiger partial charge is 0.455 e. The van der Waals surface area contributed by atoms with Crippen LogP contribution in [0.4, 0.5) is 17.1 Å². The summed E-state index contributed by atoms with van der Waals surface area (Å²) in [5, 5.41) is 4.72. The number of hydrogen-bond donors (Lipinski definition) is 0. The first-order valence-electron chi connectivity index (χ1n) is 19.3. The monoisotopic (exact) mass is 747 g/mol. The van der Waals surface area contributed by atoms with Crippen molar-refractivity contribution in [3.05, 3.63) is 223 Å². The van der Waals surface area contributed by atoms with Crippen LogP contribution in [0.3, 0.4) is 0 Å². The lowest BCUT2D eigenvalue weighted by Crippen LogP contribution is -2.10. The molecule has 0 aliphatic carbocycles. The number of para-hydroxylation sites is 1. The molecule has 10 rings (SSSR count). The Bertz CT molecular complexity index is 3110. The minimum Gasteiger partial charge on any atom is -0.455 e. The number of hydrogen-bond acceptors (Lipinski definition) is 3. The van der Waals surface area contributed by atoms with E-state index in [1.165, 1.54) is 31.3 Å². The molecule has 270 valence electrons. The summed E-state index contributed by atoms with van der Waals surface area (Å²) in [6.45, 7) is 0. The Morgan fingerprint density at radius 1 is 0.439 bits per heavy atom. The molecule has 8 aromatic carbocycles. The summed E-state index contributed by atoms with van der Waals surface area (Å²) in [6.07, 6.45) is 12.6. The van der Waals surface area contributed by atoms with E-state index in [2.05, 4.69) is 217 Å². The van der Waals surface area contributed by atoms with Gasteiger partial charge in [-0.05, 0) is 70.3 Å². The third-order valence-electron chi connectivity index (χ3n) is 10.5. The van der Waals surface area contributed by atoms with Crippen molar-refractivity contribution in [3.8, 4) is 22.3 Å². The topological polar surface area (TPSA) is 16.4 Å². The predicted octanol–water partition coefficient (Wildman–Crippen LogP) is 16.0. The maximum absolute atomic E-state index is 6.76. The summed E-state index contributed by atoms with van der Waals surface area (Å²) >= 11 is 1.85. The third kappa shape index (κ3) is 6.54. The highest BCUT2D eigenvalue weighted by molar-refractivity contribution is 7.26. The molecule has 0 radical (unpaired) electrons. The van der Waals surface area contributed by atoms with Gasteiger partial charge in [0.15, 0.2) is 0 Å². The van der Waals surface area contributed by atoms with Crippen LogP contribution in [0.25, 0.3) is 76.5 Å². The van der Waals surface area contributed by atoms with Crippen molar-refractivity contribution >= 4 is 82.7 Å². The van der Waals surface area contributed by atoms with E-state index in [0.717, 1.165) is 61.3 Å². The maximum Gasteiger partial charge on any atom is 0.145 e. The lowest BCUT2D eigenvalue weighted by Gasteiger charge is -2.27. The van der Waals surface area contributed by atoms with Gasteiger partial charge in [-0.2, -0.15) is 0 Å². The number of anilines is 3. The van der Waals surface area contributed by atoms with Crippen molar-refractivity contribution in [2.24, 2.45) is 0 Å². The summed E-state index contributed by atoms with van der Waals surface area (Å²) in [6, 6.07) is 66.8. The van der Waals surface area contributed by atoms with Crippen molar-refractivity contribution < 1.29 is 4.42 Å². The Hall–Kier alpha value is -7.20. The molecule has 0 aliphatic rings. The zero-order chi connectivity index (χ0) is 38.0. The number of fused-ring (bicyclic) bond motifs is 6. The molecule has 57 heavy (non-hydrogen) atoms. The van der Waals surface area contributed by atoms with Gasteiger partial charge < -0.3 is 9.32 Å². The Balaban J connectivity index is 1.10. The first kappa shape index (κ1) is 34.3. The van der Waals surface area contributed by atoms with Crippen LogP contribution < -0.4 is 4.90 Å². The highest BCUT2D eigenvalue weighted by Gasteiger charge is 2.24. The quantitative estimate of drug-likeness (QED) is 0.137. The minimum atomic E-state index is 0.874. The molecule has 0 N–H and O–H groups in total. The number of thiophene rings is 1. The van der Waals surface area contributed by atoms with Crippen LogP contribution in [-0.4, -0.2) is 0 Å². The fourth-order valence-electron chi connectivity index (χ4n) is 7.87. The average Bonchev–Trinajstić information content (AvgIpc) is 3.86. The molecular formula is C54H37NOS. The van der Waals surface area contributed by atoms with Gasteiger partial charge in [-0.15, -0.1) is 11.3 Å². The number of nitrogens with zero attached hydrogens (tertiary/aromatic N) is 1. The van der Waals surface area contributed by atoms with Gasteiger partial charge in [0.1, 0.15) is 11.2 Å². The Labute approximate surface area is 336 Å². The van der Waals surface area contributed by atoms with Gasteiger partial charge in [0.05, 0.1) is 21.5 Å². The van der Waals surface area contributed by atoms with Gasteiger partial charge in [-0.25, -0.2) is 0 Å². The van der Waals surface area contributed by atoms with Gasteiger partial charge in [0.25, 0.3) is 0 Å². The zero-order valence-electron chi connectivity index (χ0n) is 31.1. The zero-order valence-corrected chi connectivity index (χ0v) is 31.9. The van der Waals surface area contributed by atoms with E-state index >= 15 is 0 Å². The molecular weight excluding hydrogens is 711 g/mol. The van der Waals surface area contributed by atoms with Crippen LogP contribution in [0, 0.1) is 0 Å². The van der Waals surface area contributed by atoms with E-state index in [1.54, 1.807) is 0 Å². The van der Waals surface area contributed by atoms with Crippen molar-refractivity contribution in [1.29, 1.82) is 0 Å². The van der Waals surface area contributed by atoms with Gasteiger partial charge in [-0.3, -0.25) is 0 Å². The molecule has 0 atom stereocenters. The van der Waals surface area contributed by atoms with Crippen LogP contribution in [0.5, 0.6) is 0 Å². The second-order valence-electron chi connectivity index (χ2n) is 14.0. The van der Waals surface area contributed by atoms with Gasteiger partial charge in [0.2, 0.25) is 0 Å². The van der Waals surface area contributed by atoms with Gasteiger partial charge in [-0.1, -0.05) is 182 Å². The predicted molar refractivity (Wildman–Crippen MR) is 246 cm³/mol. The van der Waals surface area contributed by atoms with Crippen molar-refractivity contribution in [2.45, 2.75) is 0 Å². The summed E-state index contributed by atoms with van der Waals surface area (Å²) in [7, 11) is 0. The molecule has 0 unspecified atom stereocenters. The first-order chi connectivity index (χ1) is 28.3. The van der Waals surface area contributed by atoms with Crippen LogP contribution >= 0.6 is 11.3 Å². The average molecular weight is 748 g/mol. The molecule has 2 nitrogen and oxygen atoms in total. The van der Waals surface area contributed by atoms with Crippen molar-refractivity contribution in [2.75, 3.05) is 4.90 Å². The van der Waals surface area contributed by atoms with E-state index < -0.39 is 0 Å². The molecule has 10 aromatic rings. The van der Waals surface area contributed by atoms with E-state index in [0.29, 0.717) is 0 Å². The second kappa shape index (κ2) is 15.1. The van der Waals surface area contributed by atoms with Crippen LogP contribution in [0.2, 0.25) is 0 Å². The summed E-state index contributed by atoms with van der Waals surface area (Å²) in [5.41, 5.74) is 11.9. The van der Waals surface area contributed by atoms with Crippen LogP contribution in [0.1, 0.15) is 11.1 Å². The van der Waals surface area contributed by atoms with Crippen molar-refractivity contribution in [1.82, 2.24) is 0 Å². The Kier molecular flexibility index (Phi) is 9.11. The molecule has 0 fully saturated rings. The molecule has 0 saturated heterocycles. The summed E-state index contributed by atoms with van der Waals surface area (Å²) in [4.78, 5) is 2.43. The normalized spacial score (nSPS) is 12.0. The molecule has 0 aliphatic heterocycles. The fraction of sp³-hybridized carbons (Fsp3) is 0. The lowest BCUT2D eigenvalue weighted by atomic mass is 9.98. The third-order valence-corrected chi connectivity index (χ3v) is 11.8. The van der Waals surface area contributed by atoms with Crippen LogP contribution in [-0.2, 0) is 0 Å². The maximum atomic E-state index is 6.76. The Morgan fingerprint density at radius 3 is 1.95 bits per heavy atom. The number of benzene rings is 8. The standard InChI is InChI=1S/C54H37NOS/c1(5-18-38-19-6-3-7-20-38)2-8-21-39-24-11-12-25-43(39)41-32-34-42(35-33-41)55(49-29-17-28-46-45-26-14-16-31-51(45)57-54(46)49)48-37-36-44(40-22-9-4-10-23-40)53-52(48)47-27-13-15-30-50(47)56-53/h1-37H/b2-1-,18-5+,21-8+. The number of rotatable bonds is 9. The summed E-state index contributed by atoms with van der Waals surface area (Å²) < 4.78 is 9.29.